The molecule has 0 aliphatic carbocycles. The van der Waals surface area contributed by atoms with Crippen LogP contribution in [0.3, 0.4) is 0 Å². The molecule has 29 heavy (non-hydrogen) atoms. The number of aliphatic carboxylic acids is 1. The molecule has 0 spiro atoms. The summed E-state index contributed by atoms with van der Waals surface area (Å²) in [6.07, 6.45) is 0.435. The first kappa shape index (κ1) is 24.8. The second-order valence-corrected chi connectivity index (χ2v) is 13.5. The summed E-state index contributed by atoms with van der Waals surface area (Å²) in [6, 6.07) is 7.32. The summed E-state index contributed by atoms with van der Waals surface area (Å²) < 4.78 is 6.03. The Morgan fingerprint density at radius 1 is 1.07 bits per heavy atom. The number of benzene rings is 1. The Kier molecular flexibility index (Phi) is 9.03. The molecule has 1 rings (SSSR count). The van der Waals surface area contributed by atoms with Crippen molar-refractivity contribution in [2.75, 3.05) is 6.61 Å². The van der Waals surface area contributed by atoms with Crippen LogP contribution in [0.15, 0.2) is 30.3 Å². The van der Waals surface area contributed by atoms with Gasteiger partial charge in [-0.1, -0.05) is 51.1 Å². The van der Waals surface area contributed by atoms with E-state index in [1.165, 1.54) is 6.92 Å². The van der Waals surface area contributed by atoms with E-state index in [0.29, 0.717) is 0 Å². The molecule has 2 atom stereocenters. The van der Waals surface area contributed by atoms with Crippen molar-refractivity contribution in [2.45, 2.75) is 70.8 Å². The number of hydrogen-bond donors (Lipinski definition) is 3. The quantitative estimate of drug-likeness (QED) is 0.503. The predicted molar refractivity (Wildman–Crippen MR) is 115 cm³/mol. The lowest BCUT2D eigenvalue weighted by Gasteiger charge is -2.36. The van der Waals surface area contributed by atoms with Crippen molar-refractivity contribution >= 4 is 26.1 Å². The van der Waals surface area contributed by atoms with E-state index in [2.05, 4.69) is 44.5 Å². The van der Waals surface area contributed by atoms with Gasteiger partial charge < -0.3 is 20.2 Å². The standard InChI is InChI=1S/C21H34N2O5Si/c1-15(24)22-18(14-16-10-8-7-9-11-16)19(25)23-17(20(26)27)12-13-28-29(5,6)21(2,3)4/h7-11,17-18H,12-14H2,1-6H3,(H,22,24)(H,23,25)(H,26,27)/t17-,18+/m1/s1. The summed E-state index contributed by atoms with van der Waals surface area (Å²) >= 11 is 0. The van der Waals surface area contributed by atoms with Crippen molar-refractivity contribution in [1.82, 2.24) is 10.6 Å². The number of carboxylic acid groups (broad SMARTS) is 1. The van der Waals surface area contributed by atoms with Gasteiger partial charge in [-0.15, -0.1) is 0 Å². The van der Waals surface area contributed by atoms with Gasteiger partial charge in [-0.3, -0.25) is 9.59 Å². The molecule has 1 aromatic carbocycles. The number of carbonyl (C=O) groups is 3. The molecule has 0 aliphatic heterocycles. The van der Waals surface area contributed by atoms with Gasteiger partial charge in [-0.05, 0) is 23.7 Å². The molecule has 0 saturated carbocycles. The zero-order valence-corrected chi connectivity index (χ0v) is 19.2. The smallest absolute Gasteiger partial charge is 0.326 e. The highest BCUT2D eigenvalue weighted by atomic mass is 28.4. The molecule has 0 fully saturated rings. The molecule has 0 aliphatic rings. The highest BCUT2D eigenvalue weighted by Gasteiger charge is 2.37. The number of hydrogen-bond acceptors (Lipinski definition) is 4. The molecule has 3 N–H and O–H groups in total. The monoisotopic (exact) mass is 422 g/mol. The topological polar surface area (TPSA) is 105 Å². The van der Waals surface area contributed by atoms with Crippen molar-refractivity contribution in [1.29, 1.82) is 0 Å². The fraction of sp³-hybridized carbons (Fsp3) is 0.571. The second-order valence-electron chi connectivity index (χ2n) is 8.74. The van der Waals surface area contributed by atoms with Crippen LogP contribution in [0, 0.1) is 0 Å². The first-order chi connectivity index (χ1) is 13.3. The Morgan fingerprint density at radius 3 is 2.14 bits per heavy atom. The van der Waals surface area contributed by atoms with E-state index in [4.69, 9.17) is 4.43 Å². The predicted octanol–water partition coefficient (Wildman–Crippen LogP) is 2.72. The maximum absolute atomic E-state index is 12.7. The molecule has 0 aromatic heterocycles. The lowest BCUT2D eigenvalue weighted by molar-refractivity contribution is -0.142. The van der Waals surface area contributed by atoms with Crippen LogP contribution in [0.1, 0.15) is 39.7 Å². The van der Waals surface area contributed by atoms with E-state index in [1.807, 2.05) is 30.3 Å². The average Bonchev–Trinajstić information content (AvgIpc) is 2.59. The van der Waals surface area contributed by atoms with Crippen LogP contribution in [0.2, 0.25) is 18.1 Å². The van der Waals surface area contributed by atoms with E-state index in [1.54, 1.807) is 0 Å². The molecule has 1 aromatic rings. The lowest BCUT2D eigenvalue weighted by Crippen LogP contribution is -2.52. The fourth-order valence-electron chi connectivity index (χ4n) is 2.48. The van der Waals surface area contributed by atoms with E-state index >= 15 is 0 Å². The summed E-state index contributed by atoms with van der Waals surface area (Å²) in [5.74, 6) is -2.00. The van der Waals surface area contributed by atoms with Gasteiger partial charge >= 0.3 is 5.97 Å². The van der Waals surface area contributed by atoms with Crippen molar-refractivity contribution in [3.63, 3.8) is 0 Å². The molecular formula is C21H34N2O5Si. The third-order valence-corrected chi connectivity index (χ3v) is 9.81. The largest absolute Gasteiger partial charge is 0.480 e. The first-order valence-corrected chi connectivity index (χ1v) is 12.7. The Labute approximate surface area is 174 Å². The van der Waals surface area contributed by atoms with Crippen LogP contribution >= 0.6 is 0 Å². The van der Waals surface area contributed by atoms with Crippen molar-refractivity contribution in [3.05, 3.63) is 35.9 Å². The van der Waals surface area contributed by atoms with Crippen LogP contribution in [0.4, 0.5) is 0 Å². The van der Waals surface area contributed by atoms with Gasteiger partial charge in [0.2, 0.25) is 11.8 Å². The number of rotatable bonds is 10. The number of amides is 2. The zero-order chi connectivity index (χ0) is 22.2. The Balaban J connectivity index is 2.77. The lowest BCUT2D eigenvalue weighted by atomic mass is 10.0. The highest BCUT2D eigenvalue weighted by Crippen LogP contribution is 2.36. The minimum atomic E-state index is -2.00. The van der Waals surface area contributed by atoms with Gasteiger partial charge in [0.05, 0.1) is 0 Å². The van der Waals surface area contributed by atoms with E-state index < -0.39 is 32.3 Å². The third kappa shape index (κ3) is 8.37. The first-order valence-electron chi connectivity index (χ1n) is 9.81. The molecule has 7 nitrogen and oxygen atoms in total. The maximum atomic E-state index is 12.7. The third-order valence-electron chi connectivity index (χ3n) is 5.27. The molecule has 8 heteroatoms. The molecule has 162 valence electrons. The SMILES string of the molecule is CC(=O)N[C@@H](Cc1ccccc1)C(=O)N[C@H](CCO[Si](C)(C)C(C)(C)C)C(=O)O. The average molecular weight is 423 g/mol. The van der Waals surface area contributed by atoms with E-state index in [0.717, 1.165) is 5.56 Å². The van der Waals surface area contributed by atoms with Gasteiger partial charge in [0.25, 0.3) is 0 Å². The van der Waals surface area contributed by atoms with Crippen LogP contribution in [-0.4, -0.2) is 49.9 Å². The normalized spacial score (nSPS) is 14.0. The second kappa shape index (κ2) is 10.5. The fourth-order valence-corrected chi connectivity index (χ4v) is 3.54. The molecule has 0 saturated heterocycles. The Bertz CT molecular complexity index is 701. The van der Waals surface area contributed by atoms with Crippen molar-refractivity contribution in [2.24, 2.45) is 0 Å². The van der Waals surface area contributed by atoms with Gasteiger partial charge in [0, 0.05) is 26.4 Å². The van der Waals surface area contributed by atoms with Crippen molar-refractivity contribution in [3.8, 4) is 0 Å². The van der Waals surface area contributed by atoms with Crippen LogP contribution in [-0.2, 0) is 25.2 Å². The van der Waals surface area contributed by atoms with Gasteiger partial charge in [-0.25, -0.2) is 4.79 Å². The summed E-state index contributed by atoms with van der Waals surface area (Å²) in [4.78, 5) is 35.9. The summed E-state index contributed by atoms with van der Waals surface area (Å²) in [6.45, 7) is 12.1. The maximum Gasteiger partial charge on any atom is 0.326 e. The van der Waals surface area contributed by atoms with E-state index in [-0.39, 0.29) is 30.4 Å². The summed E-state index contributed by atoms with van der Waals surface area (Å²) in [5, 5.41) is 14.7. The van der Waals surface area contributed by atoms with Gasteiger partial charge in [0.1, 0.15) is 12.1 Å². The Morgan fingerprint density at radius 2 is 1.66 bits per heavy atom. The minimum Gasteiger partial charge on any atom is -0.480 e. The van der Waals surface area contributed by atoms with Gasteiger partial charge in [0.15, 0.2) is 8.32 Å². The molecule has 2 amide bonds. The van der Waals surface area contributed by atoms with Crippen LogP contribution < -0.4 is 10.6 Å². The number of carboxylic acids is 1. The molecular weight excluding hydrogens is 388 g/mol. The number of carbonyl (C=O) groups excluding carboxylic acids is 2. The number of nitrogens with one attached hydrogen (secondary N) is 2. The highest BCUT2D eigenvalue weighted by molar-refractivity contribution is 6.74. The van der Waals surface area contributed by atoms with Crippen LogP contribution in [0.5, 0.6) is 0 Å². The van der Waals surface area contributed by atoms with Crippen LogP contribution in [0.25, 0.3) is 0 Å². The summed E-state index contributed by atoms with van der Waals surface area (Å²) in [5.41, 5.74) is 0.870. The zero-order valence-electron chi connectivity index (χ0n) is 18.2. The summed E-state index contributed by atoms with van der Waals surface area (Å²) in [7, 11) is -2.00. The molecule has 0 radical (unpaired) electrons. The molecule has 0 unspecified atom stereocenters. The minimum absolute atomic E-state index is 0.0150. The Hall–Kier alpha value is -2.19. The van der Waals surface area contributed by atoms with Crippen molar-refractivity contribution < 1.29 is 23.9 Å². The molecule has 0 bridgehead atoms. The van der Waals surface area contributed by atoms with E-state index in [9.17, 15) is 19.5 Å². The van der Waals surface area contributed by atoms with Gasteiger partial charge in [-0.2, -0.15) is 0 Å². The molecule has 0 heterocycles.